The van der Waals surface area contributed by atoms with Gasteiger partial charge in [0.25, 0.3) is 0 Å². The average Bonchev–Trinajstić information content (AvgIpc) is 2.87. The van der Waals surface area contributed by atoms with Crippen LogP contribution in [0, 0.1) is 28.7 Å². The van der Waals surface area contributed by atoms with E-state index >= 15 is 0 Å². The maximum absolute atomic E-state index is 14.6. The molecule has 0 amide bonds. The lowest BCUT2D eigenvalue weighted by atomic mass is 9.75. The van der Waals surface area contributed by atoms with Gasteiger partial charge in [0.05, 0.1) is 18.8 Å². The van der Waals surface area contributed by atoms with Gasteiger partial charge in [-0.15, -0.1) is 0 Å². The number of likely N-dealkylation sites (tertiary alicyclic amines) is 1. The summed E-state index contributed by atoms with van der Waals surface area (Å²) in [5, 5.41) is 13.6. The molecule has 2 aromatic carbocycles. The second-order valence-electron chi connectivity index (χ2n) is 9.49. The molecule has 0 spiro atoms. The molecule has 4 rings (SSSR count). The van der Waals surface area contributed by atoms with Gasteiger partial charge in [0, 0.05) is 37.2 Å². The topological polar surface area (TPSA) is 57.6 Å². The zero-order valence-electron chi connectivity index (χ0n) is 20.3. The van der Waals surface area contributed by atoms with Crippen molar-refractivity contribution >= 4 is 16.6 Å². The molecule has 0 bridgehead atoms. The van der Waals surface area contributed by atoms with E-state index in [2.05, 4.69) is 15.2 Å². The predicted molar refractivity (Wildman–Crippen MR) is 131 cm³/mol. The first-order valence-corrected chi connectivity index (χ1v) is 12.2. The Balaban J connectivity index is 1.30. The van der Waals surface area contributed by atoms with Crippen LogP contribution >= 0.6 is 0 Å². The first-order chi connectivity index (χ1) is 17.3. The number of aliphatic hydroxyl groups excluding tert-OH is 1. The molecule has 1 fully saturated rings. The van der Waals surface area contributed by atoms with Crippen molar-refractivity contribution in [3.63, 3.8) is 0 Å². The number of hydrogen-bond acceptors (Lipinski definition) is 5. The lowest BCUT2D eigenvalue weighted by Crippen LogP contribution is -2.43. The van der Waals surface area contributed by atoms with Crippen LogP contribution in [0.1, 0.15) is 31.2 Å². The van der Waals surface area contributed by atoms with Gasteiger partial charge in [-0.2, -0.15) is 0 Å². The highest BCUT2D eigenvalue weighted by Gasteiger charge is 2.33. The van der Waals surface area contributed by atoms with E-state index in [0.29, 0.717) is 48.5 Å². The molecular weight excluding hydrogens is 474 g/mol. The molecule has 1 saturated heterocycles. The standard InChI is InChI=1S/C27H31F4N3O2/c1-36-19-4-5-25-21(15-19)20(24(31)16-33-25)3-2-6-27(17-35)7-10-34(11-8-27)12-9-32-26-22(29)13-18(28)14-23(26)30/h4-5,13-16,32,35H,2-3,6-12,17H2,1H3. The van der Waals surface area contributed by atoms with E-state index in [1.165, 1.54) is 6.20 Å². The molecule has 0 unspecified atom stereocenters. The fraction of sp³-hybridized carbons (Fsp3) is 0.444. The molecule has 5 nitrogen and oxygen atoms in total. The Morgan fingerprint density at radius 2 is 1.78 bits per heavy atom. The monoisotopic (exact) mass is 505 g/mol. The zero-order chi connectivity index (χ0) is 25.7. The molecule has 36 heavy (non-hydrogen) atoms. The van der Waals surface area contributed by atoms with Gasteiger partial charge < -0.3 is 20.1 Å². The van der Waals surface area contributed by atoms with Gasteiger partial charge in [-0.05, 0) is 74.4 Å². The molecule has 0 saturated carbocycles. The summed E-state index contributed by atoms with van der Waals surface area (Å²) in [6.07, 6.45) is 4.81. The molecule has 194 valence electrons. The van der Waals surface area contributed by atoms with Crippen molar-refractivity contribution in [2.24, 2.45) is 5.41 Å². The Kier molecular flexibility index (Phi) is 8.31. The third-order valence-electron chi connectivity index (χ3n) is 7.26. The molecule has 0 atom stereocenters. The first-order valence-electron chi connectivity index (χ1n) is 12.2. The molecule has 1 aliphatic rings. The number of methoxy groups -OCH3 is 1. The molecule has 9 heteroatoms. The number of aryl methyl sites for hydroxylation is 1. The van der Waals surface area contributed by atoms with Gasteiger partial charge in [-0.25, -0.2) is 17.6 Å². The minimum Gasteiger partial charge on any atom is -0.497 e. The number of hydrogen-bond donors (Lipinski definition) is 2. The van der Waals surface area contributed by atoms with E-state index in [1.807, 2.05) is 6.07 Å². The molecule has 0 radical (unpaired) electrons. The maximum atomic E-state index is 14.6. The van der Waals surface area contributed by atoms with Crippen molar-refractivity contribution in [2.75, 3.05) is 45.2 Å². The number of benzene rings is 2. The summed E-state index contributed by atoms with van der Waals surface area (Å²) >= 11 is 0. The molecule has 2 heterocycles. The number of fused-ring (bicyclic) bond motifs is 1. The number of pyridine rings is 1. The predicted octanol–water partition coefficient (Wildman–Crippen LogP) is 5.31. The fourth-order valence-electron chi connectivity index (χ4n) is 5.01. The first kappa shape index (κ1) is 26.2. The van der Waals surface area contributed by atoms with Crippen molar-refractivity contribution in [1.29, 1.82) is 0 Å². The quantitative estimate of drug-likeness (QED) is 0.366. The number of aliphatic hydroxyl groups is 1. The van der Waals surface area contributed by atoms with Crippen LogP contribution in [0.15, 0.2) is 36.5 Å². The van der Waals surface area contributed by atoms with E-state index in [9.17, 15) is 22.7 Å². The number of nitrogens with zero attached hydrogens (tertiary/aromatic N) is 2. The van der Waals surface area contributed by atoms with E-state index < -0.39 is 17.5 Å². The highest BCUT2D eigenvalue weighted by molar-refractivity contribution is 5.83. The van der Waals surface area contributed by atoms with Gasteiger partial charge in [0.15, 0.2) is 11.6 Å². The van der Waals surface area contributed by atoms with Crippen LogP contribution in [0.4, 0.5) is 23.2 Å². The van der Waals surface area contributed by atoms with Crippen LogP contribution in [-0.2, 0) is 6.42 Å². The lowest BCUT2D eigenvalue weighted by Gasteiger charge is -2.41. The van der Waals surface area contributed by atoms with Crippen molar-refractivity contribution in [1.82, 2.24) is 9.88 Å². The molecular formula is C27H31F4N3O2. The summed E-state index contributed by atoms with van der Waals surface area (Å²) in [6, 6.07) is 6.72. The van der Waals surface area contributed by atoms with E-state index in [4.69, 9.17) is 4.74 Å². The number of nitrogens with one attached hydrogen (secondary N) is 1. The smallest absolute Gasteiger partial charge is 0.152 e. The van der Waals surface area contributed by atoms with Crippen LogP contribution in [0.5, 0.6) is 5.75 Å². The van der Waals surface area contributed by atoms with Gasteiger partial charge in [0.2, 0.25) is 0 Å². The third-order valence-corrected chi connectivity index (χ3v) is 7.26. The van der Waals surface area contributed by atoms with Crippen molar-refractivity contribution < 1.29 is 27.4 Å². The van der Waals surface area contributed by atoms with Crippen molar-refractivity contribution in [2.45, 2.75) is 32.1 Å². The Bertz CT molecular complexity index is 1180. The Labute approximate surface area is 208 Å². The van der Waals surface area contributed by atoms with E-state index in [1.54, 1.807) is 19.2 Å². The van der Waals surface area contributed by atoms with Crippen LogP contribution in [-0.4, -0.2) is 54.9 Å². The van der Waals surface area contributed by atoms with E-state index in [0.717, 1.165) is 44.2 Å². The summed E-state index contributed by atoms with van der Waals surface area (Å²) in [5.41, 5.74) is 0.754. The summed E-state index contributed by atoms with van der Waals surface area (Å²) < 4.78 is 60.6. The van der Waals surface area contributed by atoms with Gasteiger partial charge >= 0.3 is 0 Å². The van der Waals surface area contributed by atoms with Crippen LogP contribution in [0.3, 0.4) is 0 Å². The molecule has 0 aliphatic carbocycles. The molecule has 3 aromatic rings. The zero-order valence-corrected chi connectivity index (χ0v) is 20.3. The van der Waals surface area contributed by atoms with Crippen molar-refractivity contribution in [3.8, 4) is 5.75 Å². The number of rotatable bonds is 10. The maximum Gasteiger partial charge on any atom is 0.152 e. The highest BCUT2D eigenvalue weighted by Crippen LogP contribution is 2.37. The summed E-state index contributed by atoms with van der Waals surface area (Å²) in [4.78, 5) is 6.34. The van der Waals surface area contributed by atoms with Gasteiger partial charge in [0.1, 0.15) is 23.1 Å². The lowest BCUT2D eigenvalue weighted by molar-refractivity contribution is 0.0370. The van der Waals surface area contributed by atoms with E-state index in [-0.39, 0.29) is 23.5 Å². The number of aromatic nitrogens is 1. The second kappa shape index (κ2) is 11.4. The molecule has 1 aliphatic heterocycles. The normalized spacial score (nSPS) is 15.8. The summed E-state index contributed by atoms with van der Waals surface area (Å²) in [5.74, 6) is -2.56. The average molecular weight is 506 g/mol. The summed E-state index contributed by atoms with van der Waals surface area (Å²) in [7, 11) is 1.57. The number of halogens is 4. The van der Waals surface area contributed by atoms with Crippen molar-refractivity contribution in [3.05, 3.63) is 65.4 Å². The van der Waals surface area contributed by atoms with Gasteiger partial charge in [-0.1, -0.05) is 0 Å². The molecule has 2 N–H and O–H groups in total. The Hall–Kier alpha value is -2.91. The SMILES string of the molecule is COc1ccc2ncc(F)c(CCCC3(CO)CCN(CCNc4c(F)cc(F)cc4F)CC3)c2c1. The van der Waals surface area contributed by atoms with Crippen LogP contribution < -0.4 is 10.1 Å². The van der Waals surface area contributed by atoms with Gasteiger partial charge in [-0.3, -0.25) is 4.98 Å². The Morgan fingerprint density at radius 3 is 2.44 bits per heavy atom. The minimum absolute atomic E-state index is 0.0541. The highest BCUT2D eigenvalue weighted by atomic mass is 19.1. The summed E-state index contributed by atoms with van der Waals surface area (Å²) in [6.45, 7) is 2.40. The fourth-order valence-corrected chi connectivity index (χ4v) is 5.01. The largest absolute Gasteiger partial charge is 0.497 e. The van der Waals surface area contributed by atoms with Crippen LogP contribution in [0.25, 0.3) is 10.9 Å². The second-order valence-corrected chi connectivity index (χ2v) is 9.49. The third kappa shape index (κ3) is 5.90. The molecule has 1 aromatic heterocycles. The number of ether oxygens (including phenoxy) is 1. The Morgan fingerprint density at radius 1 is 1.06 bits per heavy atom. The number of piperidine rings is 1. The minimum atomic E-state index is -0.956. The van der Waals surface area contributed by atoms with Crippen LogP contribution in [0.2, 0.25) is 0 Å². The number of anilines is 1.